The molecule has 0 saturated carbocycles. The molecule has 0 aromatic heterocycles. The first-order valence-corrected chi connectivity index (χ1v) is 7.93. The third-order valence-corrected chi connectivity index (χ3v) is 3.56. The predicted molar refractivity (Wildman–Crippen MR) is 91.8 cm³/mol. The number of ether oxygens (including phenoxy) is 3. The molecule has 0 radical (unpaired) electrons. The summed E-state index contributed by atoms with van der Waals surface area (Å²) in [5.74, 6) is -4.01. The van der Waals surface area contributed by atoms with Crippen LogP contribution in [0.2, 0.25) is 0 Å². The van der Waals surface area contributed by atoms with Gasteiger partial charge >= 0.3 is 5.97 Å². The number of methoxy groups -OCH3 is 1. The molecule has 8 nitrogen and oxygen atoms in total. The van der Waals surface area contributed by atoms with Gasteiger partial charge in [-0.1, -0.05) is 0 Å². The van der Waals surface area contributed by atoms with E-state index in [4.69, 9.17) is 14.2 Å². The highest BCUT2D eigenvalue weighted by Gasteiger charge is 2.26. The van der Waals surface area contributed by atoms with Crippen LogP contribution in [0, 0.1) is 21.7 Å². The van der Waals surface area contributed by atoms with Gasteiger partial charge < -0.3 is 14.2 Å². The van der Waals surface area contributed by atoms with E-state index < -0.39 is 51.7 Å². The third kappa shape index (κ3) is 4.58. The number of nitrogens with zero attached hydrogens (tertiary/aromatic N) is 1. The number of rotatable bonds is 8. The Kier molecular flexibility index (Phi) is 6.59. The molecule has 0 saturated heterocycles. The van der Waals surface area contributed by atoms with Gasteiger partial charge in [-0.25, -0.2) is 13.6 Å². The van der Waals surface area contributed by atoms with Crippen molar-refractivity contribution in [3.05, 3.63) is 63.2 Å². The van der Waals surface area contributed by atoms with E-state index in [-0.39, 0.29) is 18.1 Å². The lowest BCUT2D eigenvalue weighted by molar-refractivity contribution is -0.385. The highest BCUT2D eigenvalue weighted by molar-refractivity contribution is 6.00. The molecule has 0 fully saturated rings. The molecule has 0 N–H and O–H groups in total. The lowest BCUT2D eigenvalue weighted by atomic mass is 10.1. The van der Waals surface area contributed by atoms with Gasteiger partial charge in [0.25, 0.3) is 5.69 Å². The Balaban J connectivity index is 2.25. The number of hydrogen-bond acceptors (Lipinski definition) is 7. The number of esters is 1. The molecule has 0 spiro atoms. The molecular formula is C18H15F2NO7. The van der Waals surface area contributed by atoms with Crippen molar-refractivity contribution in [3.8, 4) is 11.5 Å². The third-order valence-electron chi connectivity index (χ3n) is 3.56. The van der Waals surface area contributed by atoms with Gasteiger partial charge in [-0.2, -0.15) is 0 Å². The van der Waals surface area contributed by atoms with Crippen LogP contribution in [-0.2, 0) is 4.74 Å². The van der Waals surface area contributed by atoms with Crippen LogP contribution >= 0.6 is 0 Å². The van der Waals surface area contributed by atoms with Crippen LogP contribution in [0.3, 0.4) is 0 Å². The fourth-order valence-electron chi connectivity index (χ4n) is 2.29. The van der Waals surface area contributed by atoms with E-state index in [1.807, 2.05) is 0 Å². The van der Waals surface area contributed by atoms with E-state index in [0.717, 1.165) is 24.3 Å². The number of nitro benzene ring substituents is 1. The number of nitro groups is 1. The van der Waals surface area contributed by atoms with Gasteiger partial charge in [-0.3, -0.25) is 14.9 Å². The van der Waals surface area contributed by atoms with Crippen molar-refractivity contribution in [2.24, 2.45) is 0 Å². The van der Waals surface area contributed by atoms with Crippen LogP contribution in [0.4, 0.5) is 14.5 Å². The minimum atomic E-state index is -1.19. The largest absolute Gasteiger partial charge is 0.493 e. The number of benzene rings is 2. The Morgan fingerprint density at radius 2 is 1.82 bits per heavy atom. The monoisotopic (exact) mass is 395 g/mol. The summed E-state index contributed by atoms with van der Waals surface area (Å²) < 4.78 is 41.5. The van der Waals surface area contributed by atoms with Crippen LogP contribution in [0.5, 0.6) is 11.5 Å². The summed E-state index contributed by atoms with van der Waals surface area (Å²) in [6.07, 6.45) is 0. The Labute approximate surface area is 157 Å². The summed E-state index contributed by atoms with van der Waals surface area (Å²) in [7, 11) is 1.28. The molecule has 0 amide bonds. The lowest BCUT2D eigenvalue weighted by Gasteiger charge is -2.11. The molecule has 2 aromatic carbocycles. The van der Waals surface area contributed by atoms with Crippen molar-refractivity contribution in [3.63, 3.8) is 0 Å². The standard InChI is InChI=1S/C18H15F2NO7/c1-3-27-17-8-14(21(24)25)12(7-16(17)26-2)18(23)28-9-15(22)11-5-4-10(19)6-13(11)20/h4-8H,3,9H2,1-2H3. The maximum Gasteiger partial charge on any atom is 0.345 e. The zero-order valence-electron chi connectivity index (χ0n) is 14.9. The predicted octanol–water partition coefficient (Wildman–Crippen LogP) is 3.32. The molecule has 0 bridgehead atoms. The Hall–Kier alpha value is -3.56. The summed E-state index contributed by atoms with van der Waals surface area (Å²) in [6.45, 7) is 0.969. The second kappa shape index (κ2) is 8.89. The summed E-state index contributed by atoms with van der Waals surface area (Å²) in [6, 6.07) is 4.34. The normalized spacial score (nSPS) is 10.3. The Morgan fingerprint density at radius 3 is 2.39 bits per heavy atom. The van der Waals surface area contributed by atoms with Gasteiger partial charge in [0.2, 0.25) is 5.78 Å². The van der Waals surface area contributed by atoms with E-state index in [9.17, 15) is 28.5 Å². The van der Waals surface area contributed by atoms with Crippen LogP contribution in [0.15, 0.2) is 30.3 Å². The topological polar surface area (TPSA) is 105 Å². The molecule has 0 unspecified atom stereocenters. The van der Waals surface area contributed by atoms with Crippen molar-refractivity contribution in [2.75, 3.05) is 20.3 Å². The maximum atomic E-state index is 13.6. The van der Waals surface area contributed by atoms with Gasteiger partial charge in [0.1, 0.15) is 17.2 Å². The van der Waals surface area contributed by atoms with Crippen LogP contribution < -0.4 is 9.47 Å². The molecule has 0 aliphatic rings. The van der Waals surface area contributed by atoms with Crippen molar-refractivity contribution in [1.29, 1.82) is 0 Å². The van der Waals surface area contributed by atoms with Crippen LogP contribution in [0.25, 0.3) is 0 Å². The van der Waals surface area contributed by atoms with Gasteiger partial charge in [0.15, 0.2) is 18.1 Å². The summed E-state index contributed by atoms with van der Waals surface area (Å²) in [5, 5.41) is 11.3. The maximum absolute atomic E-state index is 13.6. The van der Waals surface area contributed by atoms with Gasteiger partial charge in [-0.05, 0) is 19.1 Å². The number of Topliss-reactive ketones (excluding diaryl/α,β-unsaturated/α-hetero) is 1. The average Bonchev–Trinajstić information content (AvgIpc) is 2.65. The molecule has 28 heavy (non-hydrogen) atoms. The fraction of sp³-hybridized carbons (Fsp3) is 0.222. The zero-order chi connectivity index (χ0) is 20.8. The highest BCUT2D eigenvalue weighted by atomic mass is 19.1. The van der Waals surface area contributed by atoms with E-state index in [1.54, 1.807) is 6.92 Å². The number of ketones is 1. The van der Waals surface area contributed by atoms with E-state index >= 15 is 0 Å². The van der Waals surface area contributed by atoms with E-state index in [0.29, 0.717) is 6.07 Å². The summed E-state index contributed by atoms with van der Waals surface area (Å²) in [4.78, 5) is 34.7. The van der Waals surface area contributed by atoms with E-state index in [1.165, 1.54) is 7.11 Å². The average molecular weight is 395 g/mol. The Morgan fingerprint density at radius 1 is 1.11 bits per heavy atom. The molecule has 148 valence electrons. The minimum Gasteiger partial charge on any atom is -0.493 e. The van der Waals surface area contributed by atoms with Crippen molar-refractivity contribution in [1.82, 2.24) is 0 Å². The summed E-state index contributed by atoms with van der Waals surface area (Å²) in [5.41, 5.74) is -1.57. The van der Waals surface area contributed by atoms with Crippen LogP contribution in [-0.4, -0.2) is 37.0 Å². The quantitative estimate of drug-likeness (QED) is 0.292. The fourth-order valence-corrected chi connectivity index (χ4v) is 2.29. The van der Waals surface area contributed by atoms with Crippen molar-refractivity contribution < 1.29 is 37.5 Å². The smallest absolute Gasteiger partial charge is 0.345 e. The highest BCUT2D eigenvalue weighted by Crippen LogP contribution is 2.35. The molecule has 0 aliphatic carbocycles. The molecule has 0 atom stereocenters. The molecule has 2 rings (SSSR count). The van der Waals surface area contributed by atoms with Crippen molar-refractivity contribution in [2.45, 2.75) is 6.92 Å². The lowest BCUT2D eigenvalue weighted by Crippen LogP contribution is -2.16. The molecular weight excluding hydrogens is 380 g/mol. The molecule has 0 heterocycles. The van der Waals surface area contributed by atoms with Gasteiger partial charge in [0.05, 0.1) is 30.3 Å². The molecule has 0 aliphatic heterocycles. The number of hydrogen-bond donors (Lipinski definition) is 0. The van der Waals surface area contributed by atoms with Crippen molar-refractivity contribution >= 4 is 17.4 Å². The summed E-state index contributed by atoms with van der Waals surface area (Å²) >= 11 is 0. The van der Waals surface area contributed by atoms with Crippen LogP contribution in [0.1, 0.15) is 27.6 Å². The number of halogens is 2. The SMILES string of the molecule is CCOc1cc([N+](=O)[O-])c(C(=O)OCC(=O)c2ccc(F)cc2F)cc1OC. The first-order chi connectivity index (χ1) is 13.3. The number of carbonyl (C=O) groups is 2. The van der Waals surface area contributed by atoms with E-state index in [2.05, 4.69) is 0 Å². The van der Waals surface area contributed by atoms with Gasteiger partial charge in [0, 0.05) is 12.1 Å². The minimum absolute atomic E-state index is 0.0512. The first-order valence-electron chi connectivity index (χ1n) is 7.93. The van der Waals surface area contributed by atoms with Gasteiger partial charge in [-0.15, -0.1) is 0 Å². The molecule has 10 heteroatoms. The second-order valence-electron chi connectivity index (χ2n) is 5.33. The number of carbonyl (C=O) groups excluding carboxylic acids is 2. The second-order valence-corrected chi connectivity index (χ2v) is 5.33. The zero-order valence-corrected chi connectivity index (χ0v) is 14.9. The molecule has 2 aromatic rings. The Bertz CT molecular complexity index is 930. The first kappa shape index (κ1) is 20.7.